The fraction of sp³-hybridized carbons (Fsp3) is 0. The number of hydrogen-bond donors (Lipinski definition) is 0. The predicted molar refractivity (Wildman–Crippen MR) is 29.1 cm³/mol. The molecule has 0 heterocycles. The van der Waals surface area contributed by atoms with Crippen molar-refractivity contribution in [2.45, 2.75) is 0 Å². The van der Waals surface area contributed by atoms with E-state index in [2.05, 4.69) is 0 Å². The van der Waals surface area contributed by atoms with E-state index in [4.69, 9.17) is 29.8 Å². The van der Waals surface area contributed by atoms with E-state index in [0.717, 1.165) is 0 Å². The second-order valence-corrected chi connectivity index (χ2v) is 8.96. The van der Waals surface area contributed by atoms with Crippen LogP contribution in [0.4, 0.5) is 0 Å². The molecule has 0 nitrogen and oxygen atoms in total. The van der Waals surface area contributed by atoms with Gasteiger partial charge >= 0.3 is 41.7 Å². The average molecular weight is 303 g/mol. The summed E-state index contributed by atoms with van der Waals surface area (Å²) >= 11 is -1.77. The van der Waals surface area contributed by atoms with Gasteiger partial charge in [-0.15, -0.1) is 0 Å². The van der Waals surface area contributed by atoms with Crippen LogP contribution in [0.5, 0.6) is 0 Å². The zero-order chi connectivity index (χ0) is 3.58. The van der Waals surface area contributed by atoms with Crippen LogP contribution in [-0.2, 0) is 0 Å². The van der Waals surface area contributed by atoms with Crippen molar-refractivity contribution in [2.24, 2.45) is 0 Å². The van der Waals surface area contributed by atoms with E-state index in [9.17, 15) is 0 Å². The number of rotatable bonds is 0. The molecule has 31 valence electrons. The third kappa shape index (κ3) is 22.3. The zero-order valence-corrected chi connectivity index (χ0v) is 8.73. The topological polar surface area (TPSA) is 0 Å². The summed E-state index contributed by atoms with van der Waals surface area (Å²) in [5, 5.41) is 0. The fourth-order valence-corrected chi connectivity index (χ4v) is 0. The molecule has 0 aromatic heterocycles. The van der Waals surface area contributed by atoms with Gasteiger partial charge in [-0.05, 0) is 0 Å². The van der Waals surface area contributed by atoms with Gasteiger partial charge in [0.1, 0.15) is 0 Å². The maximum absolute atomic E-state index is 4.95. The molecule has 0 amide bonds. The van der Waals surface area contributed by atoms with E-state index >= 15 is 0 Å². The minimum Gasteiger partial charge on any atom is 0 e. The van der Waals surface area contributed by atoms with Crippen LogP contribution >= 0.6 is 29.8 Å². The van der Waals surface area contributed by atoms with Gasteiger partial charge in [0, 0.05) is 24.4 Å². The maximum atomic E-state index is 4.95. The van der Waals surface area contributed by atoms with Gasteiger partial charge < -0.3 is 0 Å². The number of halogens is 3. The molecule has 0 aromatic carbocycles. The Bertz CT molecular complexity index is 11.6. The molecule has 0 saturated carbocycles. The predicted octanol–water partition coefficient (Wildman–Crippen LogP) is 1.31. The molecule has 0 bridgehead atoms. The second kappa shape index (κ2) is 6.25. The molecule has 0 fully saturated rings. The summed E-state index contributed by atoms with van der Waals surface area (Å²) in [4.78, 5) is 0. The summed E-state index contributed by atoms with van der Waals surface area (Å²) in [6.07, 6.45) is 0. The largest absolute Gasteiger partial charge is 0 e. The molecule has 0 atom stereocenters. The fourth-order valence-electron chi connectivity index (χ4n) is 0. The molecule has 0 unspecified atom stereocenters. The Morgan fingerprint density at radius 1 is 1.00 bits per heavy atom. The summed E-state index contributed by atoms with van der Waals surface area (Å²) in [5.41, 5.74) is 0. The summed E-state index contributed by atoms with van der Waals surface area (Å²) in [6, 6.07) is 0. The van der Waals surface area contributed by atoms with E-state index in [1.807, 2.05) is 0 Å². The Labute approximate surface area is 65.3 Å². The normalized spacial score (nSPS) is 7.20. The van der Waals surface area contributed by atoms with E-state index < -0.39 is 11.8 Å². The summed E-state index contributed by atoms with van der Waals surface area (Å²) in [7, 11) is 14.9. The van der Waals surface area contributed by atoms with Crippen LogP contribution in [0.25, 0.3) is 0 Å². The number of hydrogen-bond acceptors (Lipinski definition) is 0. The Kier molecular flexibility index (Phi) is 12.8. The van der Waals surface area contributed by atoms with Crippen LogP contribution in [0.15, 0.2) is 0 Å². The first kappa shape index (κ1) is 10.3. The van der Waals surface area contributed by atoms with Crippen molar-refractivity contribution in [3.05, 3.63) is 0 Å². The molecule has 5 heavy (non-hydrogen) atoms. The first-order valence-corrected chi connectivity index (χ1v) is 7.90. The SMILES string of the molecule is Cl[As](Cl)Cl.[Sb]. The molecule has 0 rings (SSSR count). The third-order valence-corrected chi connectivity index (χ3v) is 0. The van der Waals surface area contributed by atoms with Gasteiger partial charge in [-0.2, -0.15) is 0 Å². The van der Waals surface area contributed by atoms with Gasteiger partial charge in [0.2, 0.25) is 0 Å². The molecule has 0 saturated heterocycles. The molecule has 0 aliphatic carbocycles. The Morgan fingerprint density at radius 3 is 1.00 bits per heavy atom. The quantitative estimate of drug-likeness (QED) is 0.592. The van der Waals surface area contributed by atoms with Crippen molar-refractivity contribution in [1.29, 1.82) is 0 Å². The Balaban J connectivity index is 0. The zero-order valence-electron chi connectivity index (χ0n) is 2.03. The molecule has 0 aliphatic heterocycles. The van der Waals surface area contributed by atoms with Crippen molar-refractivity contribution in [1.82, 2.24) is 0 Å². The van der Waals surface area contributed by atoms with Crippen LogP contribution in [0.2, 0.25) is 0 Å². The van der Waals surface area contributed by atoms with Crippen molar-refractivity contribution in [2.75, 3.05) is 0 Å². The van der Waals surface area contributed by atoms with Gasteiger partial charge in [-0.1, -0.05) is 0 Å². The second-order valence-electron chi connectivity index (χ2n) is 0.192. The molecule has 0 spiro atoms. The van der Waals surface area contributed by atoms with Crippen LogP contribution in [-0.4, -0.2) is 36.3 Å². The molecule has 3 radical (unpaired) electrons. The van der Waals surface area contributed by atoms with E-state index in [1.165, 1.54) is 0 Å². The van der Waals surface area contributed by atoms with E-state index in [1.54, 1.807) is 0 Å². The minimum absolute atomic E-state index is 0. The summed E-state index contributed by atoms with van der Waals surface area (Å²) < 4.78 is 0. The average Bonchev–Trinajstić information content (AvgIpc) is 0.811. The van der Waals surface area contributed by atoms with Gasteiger partial charge in [-0.3, -0.25) is 0 Å². The van der Waals surface area contributed by atoms with Crippen molar-refractivity contribution in [3.63, 3.8) is 0 Å². The summed E-state index contributed by atoms with van der Waals surface area (Å²) in [6.45, 7) is 0. The van der Waals surface area contributed by atoms with Gasteiger partial charge in [0.05, 0.1) is 0 Å². The van der Waals surface area contributed by atoms with Crippen molar-refractivity contribution < 1.29 is 0 Å². The standard InChI is InChI=1S/AsCl3.Sb/c2-1(3)4;. The van der Waals surface area contributed by atoms with Crippen LogP contribution in [0.3, 0.4) is 0 Å². The van der Waals surface area contributed by atoms with Crippen molar-refractivity contribution >= 4 is 66.1 Å². The smallest absolute Gasteiger partial charge is 0 e. The first-order valence-electron chi connectivity index (χ1n) is 0.507. The van der Waals surface area contributed by atoms with Crippen LogP contribution in [0, 0.1) is 0 Å². The molecule has 5 heteroatoms. The molecular weight excluding hydrogens is 303 g/mol. The monoisotopic (exact) mass is 301 g/mol. The molecule has 0 N–H and O–H groups in total. The maximum Gasteiger partial charge on any atom is 0 e. The molecular formula is AsCl3Sb. The summed E-state index contributed by atoms with van der Waals surface area (Å²) in [5.74, 6) is 0. The van der Waals surface area contributed by atoms with Gasteiger partial charge in [0.15, 0.2) is 0 Å². The first-order chi connectivity index (χ1) is 1.73. The Morgan fingerprint density at radius 2 is 1.00 bits per heavy atom. The molecule has 0 aromatic rings. The van der Waals surface area contributed by atoms with Gasteiger partial charge in [0.25, 0.3) is 0 Å². The van der Waals surface area contributed by atoms with Crippen LogP contribution in [0.1, 0.15) is 0 Å². The van der Waals surface area contributed by atoms with Crippen LogP contribution < -0.4 is 0 Å². The molecule has 0 aliphatic rings. The van der Waals surface area contributed by atoms with Gasteiger partial charge in [-0.25, -0.2) is 0 Å². The van der Waals surface area contributed by atoms with E-state index in [0.29, 0.717) is 0 Å². The van der Waals surface area contributed by atoms with Crippen molar-refractivity contribution in [3.8, 4) is 0 Å². The third-order valence-electron chi connectivity index (χ3n) is 0. The minimum atomic E-state index is -1.77. The Hall–Kier alpha value is 2.25. The van der Waals surface area contributed by atoms with E-state index in [-0.39, 0.29) is 24.4 Å².